The molecule has 2 aromatic carbocycles. The number of hydrogen-bond donors (Lipinski definition) is 0. The summed E-state index contributed by atoms with van der Waals surface area (Å²) in [6.07, 6.45) is 6.44. The maximum absolute atomic E-state index is 2.67. The molecule has 0 aliphatic carbocycles. The van der Waals surface area contributed by atoms with Gasteiger partial charge in [-0.25, -0.2) is 0 Å². The van der Waals surface area contributed by atoms with Crippen molar-refractivity contribution in [2.45, 2.75) is 51.5 Å². The van der Waals surface area contributed by atoms with Crippen molar-refractivity contribution in [1.29, 1.82) is 0 Å². The van der Waals surface area contributed by atoms with Crippen LogP contribution in [0.5, 0.6) is 0 Å². The zero-order chi connectivity index (χ0) is 15.9. The second-order valence-corrected chi connectivity index (χ2v) is 6.86. The monoisotopic (exact) mass is 307 g/mol. The van der Waals surface area contributed by atoms with Crippen molar-refractivity contribution in [1.82, 2.24) is 4.90 Å². The molecule has 0 unspecified atom stereocenters. The topological polar surface area (TPSA) is 3.24 Å². The van der Waals surface area contributed by atoms with Crippen LogP contribution in [0.4, 0.5) is 0 Å². The van der Waals surface area contributed by atoms with Gasteiger partial charge < -0.3 is 0 Å². The Morgan fingerprint density at radius 1 is 0.957 bits per heavy atom. The Hall–Kier alpha value is -1.60. The third-order valence-electron chi connectivity index (χ3n) is 5.09. The second kappa shape index (κ2) is 8.31. The van der Waals surface area contributed by atoms with E-state index in [-0.39, 0.29) is 0 Å². The van der Waals surface area contributed by atoms with Gasteiger partial charge in [0.2, 0.25) is 0 Å². The Labute approximate surface area is 141 Å². The van der Waals surface area contributed by atoms with Gasteiger partial charge in [0.15, 0.2) is 0 Å². The van der Waals surface area contributed by atoms with Crippen LogP contribution in [0, 0.1) is 0 Å². The molecule has 0 spiro atoms. The van der Waals surface area contributed by atoms with Crippen LogP contribution in [-0.4, -0.2) is 18.0 Å². The molecule has 0 amide bonds. The molecule has 23 heavy (non-hydrogen) atoms. The maximum Gasteiger partial charge on any atom is 0.0236 e. The number of hydrogen-bond acceptors (Lipinski definition) is 1. The number of unbranched alkanes of at least 4 members (excludes halogenated alkanes) is 2. The van der Waals surface area contributed by atoms with Gasteiger partial charge in [0.25, 0.3) is 0 Å². The summed E-state index contributed by atoms with van der Waals surface area (Å²) in [5.74, 6) is 0.657. The average molecular weight is 307 g/mol. The van der Waals surface area contributed by atoms with Crippen LogP contribution < -0.4 is 0 Å². The number of benzene rings is 2. The van der Waals surface area contributed by atoms with Crippen LogP contribution >= 0.6 is 0 Å². The van der Waals surface area contributed by atoms with Crippen LogP contribution in [0.25, 0.3) is 0 Å². The predicted molar refractivity (Wildman–Crippen MR) is 98.7 cm³/mol. The molecule has 3 rings (SSSR count). The van der Waals surface area contributed by atoms with E-state index < -0.39 is 0 Å². The summed E-state index contributed by atoms with van der Waals surface area (Å²) in [5.41, 5.74) is 4.59. The molecule has 1 atom stereocenters. The van der Waals surface area contributed by atoms with E-state index in [9.17, 15) is 0 Å². The molecular weight excluding hydrogens is 278 g/mol. The molecular formula is C22H29N. The minimum Gasteiger partial charge on any atom is -0.299 e. The molecule has 1 heterocycles. The quantitative estimate of drug-likeness (QED) is 0.645. The molecule has 2 aromatic rings. The minimum atomic E-state index is 0.657. The lowest BCUT2D eigenvalue weighted by molar-refractivity contribution is 0.259. The SMILES string of the molecule is CCCCCN1CC[C@H](Cc2ccccc2)c2ccccc2C1. The van der Waals surface area contributed by atoms with Gasteiger partial charge in [-0.2, -0.15) is 0 Å². The molecule has 0 saturated heterocycles. The predicted octanol–water partition coefficient (Wildman–Crippen LogP) is 5.41. The highest BCUT2D eigenvalue weighted by molar-refractivity contribution is 5.33. The van der Waals surface area contributed by atoms with Crippen molar-refractivity contribution < 1.29 is 0 Å². The fourth-order valence-electron chi connectivity index (χ4n) is 3.78. The Balaban J connectivity index is 1.74. The first-order valence-corrected chi connectivity index (χ1v) is 9.21. The van der Waals surface area contributed by atoms with Gasteiger partial charge in [0.05, 0.1) is 0 Å². The highest BCUT2D eigenvalue weighted by Gasteiger charge is 2.22. The molecule has 0 aromatic heterocycles. The Morgan fingerprint density at radius 3 is 2.57 bits per heavy atom. The maximum atomic E-state index is 2.67. The summed E-state index contributed by atoms with van der Waals surface area (Å²) in [4.78, 5) is 2.67. The Kier molecular flexibility index (Phi) is 5.87. The van der Waals surface area contributed by atoms with E-state index in [1.54, 1.807) is 11.1 Å². The normalized spacial score (nSPS) is 18.4. The van der Waals surface area contributed by atoms with Crippen LogP contribution in [0.15, 0.2) is 54.6 Å². The first-order valence-electron chi connectivity index (χ1n) is 9.21. The van der Waals surface area contributed by atoms with E-state index in [4.69, 9.17) is 0 Å². The highest BCUT2D eigenvalue weighted by atomic mass is 15.1. The lowest BCUT2D eigenvalue weighted by Crippen LogP contribution is -2.24. The number of rotatable bonds is 6. The van der Waals surface area contributed by atoms with Crippen molar-refractivity contribution in [3.63, 3.8) is 0 Å². The molecule has 0 N–H and O–H groups in total. The molecule has 1 aliphatic rings. The van der Waals surface area contributed by atoms with Gasteiger partial charge in [-0.1, -0.05) is 74.4 Å². The second-order valence-electron chi connectivity index (χ2n) is 6.86. The van der Waals surface area contributed by atoms with E-state index in [1.165, 1.54) is 50.8 Å². The summed E-state index contributed by atoms with van der Waals surface area (Å²) in [5, 5.41) is 0. The lowest BCUT2D eigenvalue weighted by Gasteiger charge is -2.20. The molecule has 1 nitrogen and oxygen atoms in total. The van der Waals surface area contributed by atoms with E-state index in [0.29, 0.717) is 5.92 Å². The number of fused-ring (bicyclic) bond motifs is 1. The molecule has 122 valence electrons. The minimum absolute atomic E-state index is 0.657. The summed E-state index contributed by atoms with van der Waals surface area (Å²) < 4.78 is 0. The fourth-order valence-corrected chi connectivity index (χ4v) is 3.78. The van der Waals surface area contributed by atoms with Crippen molar-refractivity contribution >= 4 is 0 Å². The third kappa shape index (κ3) is 4.45. The lowest BCUT2D eigenvalue weighted by atomic mass is 9.87. The zero-order valence-corrected chi connectivity index (χ0v) is 14.4. The summed E-state index contributed by atoms with van der Waals surface area (Å²) in [6.45, 7) is 5.90. The molecule has 0 radical (unpaired) electrons. The van der Waals surface area contributed by atoms with Crippen LogP contribution in [0.2, 0.25) is 0 Å². The van der Waals surface area contributed by atoms with Crippen molar-refractivity contribution in [2.24, 2.45) is 0 Å². The third-order valence-corrected chi connectivity index (χ3v) is 5.09. The van der Waals surface area contributed by atoms with Gasteiger partial charge in [0, 0.05) is 6.54 Å². The molecule has 0 saturated carbocycles. The van der Waals surface area contributed by atoms with Crippen LogP contribution in [0.3, 0.4) is 0 Å². The Morgan fingerprint density at radius 2 is 1.74 bits per heavy atom. The largest absolute Gasteiger partial charge is 0.299 e. The Bertz CT molecular complexity index is 590. The summed E-state index contributed by atoms with van der Waals surface area (Å²) in [7, 11) is 0. The van der Waals surface area contributed by atoms with Crippen LogP contribution in [-0.2, 0) is 13.0 Å². The zero-order valence-electron chi connectivity index (χ0n) is 14.4. The average Bonchev–Trinajstić information content (AvgIpc) is 2.76. The standard InChI is InChI=1S/C22H29N/c1-2-3-9-15-23-16-14-20(17-19-10-5-4-6-11-19)22-13-8-7-12-21(22)18-23/h4-8,10-13,20H,2-3,9,14-18H2,1H3/t20-/m1/s1. The molecule has 0 bridgehead atoms. The van der Waals surface area contributed by atoms with Gasteiger partial charge in [-0.05, 0) is 55.0 Å². The summed E-state index contributed by atoms with van der Waals surface area (Å²) in [6, 6.07) is 20.1. The highest BCUT2D eigenvalue weighted by Crippen LogP contribution is 2.31. The molecule has 0 fully saturated rings. The van der Waals surface area contributed by atoms with Gasteiger partial charge in [-0.15, -0.1) is 0 Å². The van der Waals surface area contributed by atoms with Crippen molar-refractivity contribution in [3.8, 4) is 0 Å². The van der Waals surface area contributed by atoms with Gasteiger partial charge >= 0.3 is 0 Å². The van der Waals surface area contributed by atoms with E-state index in [2.05, 4.69) is 66.4 Å². The smallest absolute Gasteiger partial charge is 0.0236 e. The summed E-state index contributed by atoms with van der Waals surface area (Å²) >= 11 is 0. The first-order chi connectivity index (χ1) is 11.4. The molecule has 1 heteroatoms. The fraction of sp³-hybridized carbons (Fsp3) is 0.455. The van der Waals surface area contributed by atoms with Crippen molar-refractivity contribution in [3.05, 3.63) is 71.3 Å². The van der Waals surface area contributed by atoms with Gasteiger partial charge in [-0.3, -0.25) is 4.90 Å². The van der Waals surface area contributed by atoms with E-state index >= 15 is 0 Å². The van der Waals surface area contributed by atoms with E-state index in [1.807, 2.05) is 0 Å². The van der Waals surface area contributed by atoms with Crippen LogP contribution in [0.1, 0.15) is 55.2 Å². The number of nitrogens with zero attached hydrogens (tertiary/aromatic N) is 1. The van der Waals surface area contributed by atoms with Crippen molar-refractivity contribution in [2.75, 3.05) is 13.1 Å². The van der Waals surface area contributed by atoms with Gasteiger partial charge in [0.1, 0.15) is 0 Å². The van der Waals surface area contributed by atoms with E-state index in [0.717, 1.165) is 6.54 Å². The molecule has 1 aliphatic heterocycles. The first kappa shape index (κ1) is 16.3.